The second kappa shape index (κ2) is 9.23. The molecular formula is C22H24N2O5. The number of rotatable bonds is 8. The Hall–Kier alpha value is -3.35. The van der Waals surface area contributed by atoms with Crippen LogP contribution < -0.4 is 19.7 Å². The van der Waals surface area contributed by atoms with E-state index in [2.05, 4.69) is 5.32 Å². The van der Waals surface area contributed by atoms with E-state index in [0.29, 0.717) is 41.5 Å². The summed E-state index contributed by atoms with van der Waals surface area (Å²) in [6, 6.07) is 12.1. The van der Waals surface area contributed by atoms with Crippen LogP contribution in [0.3, 0.4) is 0 Å². The lowest BCUT2D eigenvalue weighted by Crippen LogP contribution is -2.43. The van der Waals surface area contributed by atoms with Gasteiger partial charge in [-0.05, 0) is 36.8 Å². The minimum Gasteiger partial charge on any atom is -0.491 e. The first-order valence-corrected chi connectivity index (χ1v) is 9.65. The molecule has 0 aromatic heterocycles. The van der Waals surface area contributed by atoms with Crippen molar-refractivity contribution in [2.45, 2.75) is 26.7 Å². The van der Waals surface area contributed by atoms with Gasteiger partial charge in [-0.3, -0.25) is 19.3 Å². The minimum absolute atomic E-state index is 0.0442. The molecule has 1 heterocycles. The first-order valence-electron chi connectivity index (χ1n) is 9.65. The van der Waals surface area contributed by atoms with Crippen LogP contribution in [0, 0.1) is 0 Å². The first-order chi connectivity index (χ1) is 14.0. The van der Waals surface area contributed by atoms with Crippen molar-refractivity contribution in [2.75, 3.05) is 30.0 Å². The highest BCUT2D eigenvalue weighted by Crippen LogP contribution is 2.33. The van der Waals surface area contributed by atoms with E-state index < -0.39 is 0 Å². The molecule has 0 spiro atoms. The van der Waals surface area contributed by atoms with Gasteiger partial charge in [0.15, 0.2) is 12.4 Å². The monoisotopic (exact) mass is 396 g/mol. The number of ether oxygens (including phenoxy) is 2. The van der Waals surface area contributed by atoms with Crippen molar-refractivity contribution in [1.82, 2.24) is 0 Å². The molecule has 7 heteroatoms. The zero-order valence-corrected chi connectivity index (χ0v) is 16.6. The van der Waals surface area contributed by atoms with Gasteiger partial charge >= 0.3 is 0 Å². The molecule has 2 aromatic rings. The van der Waals surface area contributed by atoms with E-state index in [1.165, 1.54) is 4.90 Å². The van der Waals surface area contributed by atoms with Gasteiger partial charge in [-0.1, -0.05) is 26.0 Å². The van der Waals surface area contributed by atoms with Crippen molar-refractivity contribution in [2.24, 2.45) is 0 Å². The molecule has 1 aliphatic heterocycles. The molecule has 0 unspecified atom stereocenters. The van der Waals surface area contributed by atoms with Gasteiger partial charge in [-0.15, -0.1) is 0 Å². The smallest absolute Gasteiger partial charge is 0.265 e. The third-order valence-corrected chi connectivity index (χ3v) is 4.47. The number of para-hydroxylation sites is 2. The van der Waals surface area contributed by atoms with Gasteiger partial charge in [0.2, 0.25) is 5.91 Å². The lowest BCUT2D eigenvalue weighted by atomic mass is 10.1. The number of hydrogen-bond donors (Lipinski definition) is 1. The molecule has 0 aliphatic carbocycles. The summed E-state index contributed by atoms with van der Waals surface area (Å²) < 4.78 is 11.1. The fourth-order valence-corrected chi connectivity index (χ4v) is 2.99. The van der Waals surface area contributed by atoms with E-state index in [4.69, 9.17) is 9.47 Å². The van der Waals surface area contributed by atoms with Gasteiger partial charge in [0.25, 0.3) is 5.91 Å². The standard InChI is InChI=1S/C22H24N2O5/c1-3-11-28-19-8-6-5-7-16(19)23-21(26)13-24-17-12-15(18(25)4-2)9-10-20(17)29-14-22(24)27/h5-10,12H,3-4,11,13-14H2,1-2H3,(H,23,26). The van der Waals surface area contributed by atoms with Gasteiger partial charge in [0.1, 0.15) is 18.0 Å². The van der Waals surface area contributed by atoms with E-state index in [0.717, 1.165) is 6.42 Å². The third-order valence-electron chi connectivity index (χ3n) is 4.47. The molecule has 152 valence electrons. The predicted molar refractivity (Wildman–Crippen MR) is 110 cm³/mol. The second-order valence-electron chi connectivity index (χ2n) is 6.62. The number of carbonyl (C=O) groups excluding carboxylic acids is 3. The number of fused-ring (bicyclic) bond motifs is 1. The second-order valence-corrected chi connectivity index (χ2v) is 6.62. The number of nitrogens with one attached hydrogen (secondary N) is 1. The van der Waals surface area contributed by atoms with Crippen molar-refractivity contribution < 1.29 is 23.9 Å². The van der Waals surface area contributed by atoms with Crippen molar-refractivity contribution >= 4 is 29.0 Å². The molecule has 3 rings (SSSR count). The predicted octanol–water partition coefficient (Wildman–Crippen LogP) is 3.43. The maximum absolute atomic E-state index is 12.7. The first kappa shape index (κ1) is 20.4. The molecule has 29 heavy (non-hydrogen) atoms. The van der Waals surface area contributed by atoms with Crippen molar-refractivity contribution in [3.8, 4) is 11.5 Å². The van der Waals surface area contributed by atoms with Gasteiger partial charge in [0.05, 0.1) is 18.0 Å². The van der Waals surface area contributed by atoms with Gasteiger partial charge in [-0.25, -0.2) is 0 Å². The number of ketones is 1. The lowest BCUT2D eigenvalue weighted by Gasteiger charge is -2.29. The number of nitrogens with zero attached hydrogens (tertiary/aromatic N) is 1. The molecule has 1 N–H and O–H groups in total. The summed E-state index contributed by atoms with van der Waals surface area (Å²) in [7, 11) is 0. The molecule has 0 radical (unpaired) electrons. The van der Waals surface area contributed by atoms with Crippen LogP contribution in [0.4, 0.5) is 11.4 Å². The highest BCUT2D eigenvalue weighted by molar-refractivity contribution is 6.06. The van der Waals surface area contributed by atoms with Gasteiger partial charge in [0, 0.05) is 12.0 Å². The number of amides is 2. The highest BCUT2D eigenvalue weighted by atomic mass is 16.5. The fourth-order valence-electron chi connectivity index (χ4n) is 2.99. The Balaban J connectivity index is 1.79. The van der Waals surface area contributed by atoms with Crippen molar-refractivity contribution in [3.63, 3.8) is 0 Å². The fraction of sp³-hybridized carbons (Fsp3) is 0.318. The number of carbonyl (C=O) groups is 3. The normalized spacial score (nSPS) is 12.8. The molecule has 0 atom stereocenters. The SMILES string of the molecule is CCCOc1ccccc1NC(=O)CN1C(=O)COc2ccc(C(=O)CC)cc21. The molecule has 2 amide bonds. The van der Waals surface area contributed by atoms with Crippen LogP contribution in [0.25, 0.3) is 0 Å². The quantitative estimate of drug-likeness (QED) is 0.691. The topological polar surface area (TPSA) is 84.9 Å². The molecular weight excluding hydrogens is 372 g/mol. The summed E-state index contributed by atoms with van der Waals surface area (Å²) in [5, 5.41) is 2.80. The van der Waals surface area contributed by atoms with Crippen molar-refractivity contribution in [1.29, 1.82) is 0 Å². The average Bonchev–Trinajstić information content (AvgIpc) is 2.74. The highest BCUT2D eigenvalue weighted by Gasteiger charge is 2.28. The molecule has 0 saturated carbocycles. The largest absolute Gasteiger partial charge is 0.491 e. The summed E-state index contributed by atoms with van der Waals surface area (Å²) in [5.74, 6) is 0.288. The Kier molecular flexibility index (Phi) is 6.49. The third kappa shape index (κ3) is 4.74. The Bertz CT molecular complexity index is 925. The minimum atomic E-state index is -0.369. The number of anilines is 2. The van der Waals surface area contributed by atoms with Crippen LogP contribution in [-0.4, -0.2) is 37.4 Å². The number of hydrogen-bond acceptors (Lipinski definition) is 5. The van der Waals surface area contributed by atoms with E-state index in [-0.39, 0.29) is 30.7 Å². The maximum Gasteiger partial charge on any atom is 0.265 e. The molecule has 0 saturated heterocycles. The van der Waals surface area contributed by atoms with Crippen LogP contribution in [0.2, 0.25) is 0 Å². The van der Waals surface area contributed by atoms with E-state index in [1.807, 2.05) is 13.0 Å². The van der Waals surface area contributed by atoms with Crippen LogP contribution in [0.5, 0.6) is 11.5 Å². The Labute approximate surface area is 169 Å². The van der Waals surface area contributed by atoms with E-state index in [1.54, 1.807) is 43.3 Å². The van der Waals surface area contributed by atoms with Crippen LogP contribution >= 0.6 is 0 Å². The summed E-state index contributed by atoms with van der Waals surface area (Å²) in [6.45, 7) is 3.96. The Morgan fingerprint density at radius 2 is 1.97 bits per heavy atom. The van der Waals surface area contributed by atoms with Gasteiger partial charge in [-0.2, -0.15) is 0 Å². The number of benzene rings is 2. The average molecular weight is 396 g/mol. The molecule has 1 aliphatic rings. The summed E-state index contributed by atoms with van der Waals surface area (Å²) in [6.07, 6.45) is 1.20. The van der Waals surface area contributed by atoms with Crippen molar-refractivity contribution in [3.05, 3.63) is 48.0 Å². The summed E-state index contributed by atoms with van der Waals surface area (Å²) in [5.41, 5.74) is 1.45. The lowest BCUT2D eigenvalue weighted by molar-refractivity contribution is -0.123. The Morgan fingerprint density at radius 1 is 1.17 bits per heavy atom. The maximum atomic E-state index is 12.7. The number of Topliss-reactive ketones (excluding diaryl/α,β-unsaturated/α-hetero) is 1. The van der Waals surface area contributed by atoms with E-state index >= 15 is 0 Å². The van der Waals surface area contributed by atoms with Crippen LogP contribution in [0.15, 0.2) is 42.5 Å². The van der Waals surface area contributed by atoms with Crippen LogP contribution in [0.1, 0.15) is 37.0 Å². The zero-order valence-electron chi connectivity index (χ0n) is 16.6. The summed E-state index contributed by atoms with van der Waals surface area (Å²) >= 11 is 0. The molecule has 7 nitrogen and oxygen atoms in total. The van der Waals surface area contributed by atoms with Crippen LogP contribution in [-0.2, 0) is 9.59 Å². The molecule has 2 aromatic carbocycles. The molecule has 0 fully saturated rings. The summed E-state index contributed by atoms with van der Waals surface area (Å²) in [4.78, 5) is 38.5. The van der Waals surface area contributed by atoms with Gasteiger partial charge < -0.3 is 14.8 Å². The zero-order chi connectivity index (χ0) is 20.8. The Morgan fingerprint density at radius 3 is 2.72 bits per heavy atom. The van der Waals surface area contributed by atoms with E-state index in [9.17, 15) is 14.4 Å². The molecule has 0 bridgehead atoms.